The number of aromatic nitrogens is 1. The molecule has 0 spiro atoms. The van der Waals surface area contributed by atoms with E-state index >= 15 is 0 Å². The Morgan fingerprint density at radius 3 is 2.78 bits per heavy atom. The van der Waals surface area contributed by atoms with Crippen LogP contribution in [0.3, 0.4) is 0 Å². The Morgan fingerprint density at radius 2 is 2.00 bits per heavy atom. The number of benzene rings is 1. The van der Waals surface area contributed by atoms with Crippen LogP contribution in [0, 0.1) is 6.92 Å². The second-order valence-electron chi connectivity index (χ2n) is 6.00. The van der Waals surface area contributed by atoms with E-state index in [0.717, 1.165) is 15.2 Å². The molecule has 0 atom stereocenters. The van der Waals surface area contributed by atoms with E-state index in [-0.39, 0.29) is 23.9 Å². The van der Waals surface area contributed by atoms with Crippen LogP contribution in [0.4, 0.5) is 5.69 Å². The van der Waals surface area contributed by atoms with Crippen LogP contribution < -0.4 is 5.32 Å². The molecule has 4 rings (SSSR count). The second kappa shape index (κ2) is 7.04. The van der Waals surface area contributed by atoms with E-state index in [2.05, 4.69) is 10.3 Å². The Bertz CT molecular complexity index is 1100. The van der Waals surface area contributed by atoms with E-state index in [4.69, 9.17) is 9.15 Å². The number of aryl methyl sites for hydroxylation is 1. The van der Waals surface area contributed by atoms with Crippen molar-refractivity contribution in [2.24, 2.45) is 0 Å². The number of anilines is 1. The second-order valence-corrected chi connectivity index (χ2v) is 9.11. The molecule has 1 saturated heterocycles. The van der Waals surface area contributed by atoms with Gasteiger partial charge in [0.15, 0.2) is 5.76 Å². The molecule has 1 N–H and O–H groups in total. The number of furan rings is 1. The Balaban J connectivity index is 1.52. The van der Waals surface area contributed by atoms with Gasteiger partial charge in [0.25, 0.3) is 15.9 Å². The Hall–Kier alpha value is -2.27. The molecule has 10 heteroatoms. The van der Waals surface area contributed by atoms with Gasteiger partial charge in [0, 0.05) is 18.8 Å². The summed E-state index contributed by atoms with van der Waals surface area (Å²) in [5.74, 6) is -0.582. The topological polar surface area (TPSA) is 102 Å². The minimum atomic E-state index is -3.77. The third-order valence-electron chi connectivity index (χ3n) is 4.12. The van der Waals surface area contributed by atoms with E-state index in [9.17, 15) is 13.2 Å². The fourth-order valence-electron chi connectivity index (χ4n) is 2.81. The molecule has 0 radical (unpaired) electrons. The van der Waals surface area contributed by atoms with E-state index in [0.29, 0.717) is 18.9 Å². The van der Waals surface area contributed by atoms with Gasteiger partial charge in [0.2, 0.25) is 5.09 Å². The quantitative estimate of drug-likeness (QED) is 0.713. The van der Waals surface area contributed by atoms with Gasteiger partial charge in [-0.05, 0) is 37.3 Å². The first-order valence-corrected chi connectivity index (χ1v) is 10.6. The largest absolute Gasteiger partial charge is 0.438 e. The highest BCUT2D eigenvalue weighted by Gasteiger charge is 2.30. The Morgan fingerprint density at radius 1 is 1.22 bits per heavy atom. The highest BCUT2D eigenvalue weighted by Crippen LogP contribution is 2.25. The number of hydrogen-bond donors (Lipinski definition) is 1. The fraction of sp³-hybridized carbons (Fsp3) is 0.294. The lowest BCUT2D eigenvalue weighted by molar-refractivity contribution is 0.0723. The van der Waals surface area contributed by atoms with Crippen LogP contribution in [0.25, 0.3) is 10.2 Å². The molecule has 1 aromatic carbocycles. The average molecular weight is 407 g/mol. The van der Waals surface area contributed by atoms with Gasteiger partial charge >= 0.3 is 0 Å². The van der Waals surface area contributed by atoms with Crippen molar-refractivity contribution < 1.29 is 22.4 Å². The van der Waals surface area contributed by atoms with Crippen molar-refractivity contribution in [3.63, 3.8) is 0 Å². The Kier molecular flexibility index (Phi) is 4.72. The van der Waals surface area contributed by atoms with Gasteiger partial charge in [-0.1, -0.05) is 0 Å². The number of morpholine rings is 1. The molecule has 1 aliphatic heterocycles. The van der Waals surface area contributed by atoms with Crippen LogP contribution >= 0.6 is 11.3 Å². The number of ether oxygens (including phenoxy) is 1. The van der Waals surface area contributed by atoms with Crippen molar-refractivity contribution in [3.05, 3.63) is 41.1 Å². The van der Waals surface area contributed by atoms with Gasteiger partial charge < -0.3 is 14.5 Å². The van der Waals surface area contributed by atoms with Crippen LogP contribution in [-0.2, 0) is 14.8 Å². The maximum absolute atomic E-state index is 12.6. The van der Waals surface area contributed by atoms with Crippen LogP contribution in [0.1, 0.15) is 15.6 Å². The van der Waals surface area contributed by atoms with Crippen molar-refractivity contribution in [1.29, 1.82) is 0 Å². The first kappa shape index (κ1) is 18.1. The monoisotopic (exact) mass is 407 g/mol. The average Bonchev–Trinajstić information content (AvgIpc) is 3.28. The molecule has 27 heavy (non-hydrogen) atoms. The summed E-state index contributed by atoms with van der Waals surface area (Å²) in [6, 6.07) is 8.05. The molecule has 3 heterocycles. The van der Waals surface area contributed by atoms with E-state index in [1.807, 2.05) is 19.1 Å². The molecule has 8 nitrogen and oxygen atoms in total. The highest BCUT2D eigenvalue weighted by molar-refractivity contribution is 7.89. The molecule has 1 amide bonds. The molecule has 2 aromatic heterocycles. The predicted octanol–water partition coefficient (Wildman–Crippen LogP) is 2.47. The Labute approximate surface area is 159 Å². The van der Waals surface area contributed by atoms with Crippen molar-refractivity contribution in [2.75, 3.05) is 31.6 Å². The molecule has 0 bridgehead atoms. The van der Waals surface area contributed by atoms with Crippen LogP contribution in [0.5, 0.6) is 0 Å². The minimum Gasteiger partial charge on any atom is -0.438 e. The van der Waals surface area contributed by atoms with E-state index < -0.39 is 15.9 Å². The van der Waals surface area contributed by atoms with Crippen LogP contribution in [0.15, 0.2) is 39.8 Å². The number of rotatable bonds is 4. The molecule has 142 valence electrons. The van der Waals surface area contributed by atoms with E-state index in [1.165, 1.54) is 27.8 Å². The molecule has 1 aliphatic rings. The van der Waals surface area contributed by atoms with Gasteiger partial charge in [0.1, 0.15) is 0 Å². The van der Waals surface area contributed by atoms with Gasteiger partial charge in [-0.15, -0.1) is 11.3 Å². The zero-order valence-corrected chi connectivity index (χ0v) is 16.1. The number of carbonyl (C=O) groups is 1. The van der Waals surface area contributed by atoms with E-state index in [1.54, 1.807) is 6.07 Å². The normalized spacial score (nSPS) is 15.9. The van der Waals surface area contributed by atoms with Gasteiger partial charge in [-0.2, -0.15) is 4.31 Å². The molecule has 0 aliphatic carbocycles. The summed E-state index contributed by atoms with van der Waals surface area (Å²) in [6.07, 6.45) is 0. The number of thiazole rings is 1. The van der Waals surface area contributed by atoms with Crippen molar-refractivity contribution in [3.8, 4) is 0 Å². The lowest BCUT2D eigenvalue weighted by atomic mass is 10.3. The number of hydrogen-bond acceptors (Lipinski definition) is 7. The lowest BCUT2D eigenvalue weighted by Gasteiger charge is -2.24. The summed E-state index contributed by atoms with van der Waals surface area (Å²) in [6.45, 7) is 3.12. The minimum absolute atomic E-state index is 0.0672. The maximum atomic E-state index is 12.6. The third kappa shape index (κ3) is 3.61. The third-order valence-corrected chi connectivity index (χ3v) is 6.83. The molecule has 0 unspecified atom stereocenters. The smallest absolute Gasteiger partial charge is 0.291 e. The standard InChI is InChI=1S/C17H17N3O5S2/c1-11-18-13-3-2-12(10-15(13)26-11)19-17(21)14-4-5-16(25-14)27(22,23)20-6-8-24-9-7-20/h2-5,10H,6-9H2,1H3,(H,19,21). The molecule has 0 saturated carbocycles. The SMILES string of the molecule is Cc1nc2ccc(NC(=O)c3ccc(S(=O)(=O)N4CCOCC4)o3)cc2s1. The van der Waals surface area contributed by atoms with Gasteiger partial charge in [-0.25, -0.2) is 13.4 Å². The first-order valence-electron chi connectivity index (χ1n) is 8.30. The predicted molar refractivity (Wildman–Crippen MR) is 101 cm³/mol. The summed E-state index contributed by atoms with van der Waals surface area (Å²) in [5, 5.41) is 3.42. The highest BCUT2D eigenvalue weighted by atomic mass is 32.2. The van der Waals surface area contributed by atoms with Crippen LogP contribution in [-0.4, -0.2) is 49.9 Å². The number of nitrogens with one attached hydrogen (secondary N) is 1. The number of sulfonamides is 1. The number of nitrogens with zero attached hydrogens (tertiary/aromatic N) is 2. The summed E-state index contributed by atoms with van der Waals surface area (Å²) < 4.78 is 37.9. The fourth-order valence-corrected chi connectivity index (χ4v) is 4.99. The van der Waals surface area contributed by atoms with Crippen LogP contribution in [0.2, 0.25) is 0 Å². The summed E-state index contributed by atoms with van der Waals surface area (Å²) in [5.41, 5.74) is 1.46. The van der Waals surface area contributed by atoms with Crippen molar-refractivity contribution in [1.82, 2.24) is 9.29 Å². The molecule has 1 fully saturated rings. The molecule has 3 aromatic rings. The molecular weight excluding hydrogens is 390 g/mol. The summed E-state index contributed by atoms with van der Waals surface area (Å²) >= 11 is 1.53. The zero-order valence-electron chi connectivity index (χ0n) is 14.5. The zero-order chi connectivity index (χ0) is 19.0. The first-order chi connectivity index (χ1) is 12.9. The van der Waals surface area contributed by atoms with Crippen molar-refractivity contribution >= 4 is 43.2 Å². The lowest BCUT2D eigenvalue weighted by Crippen LogP contribution is -2.40. The van der Waals surface area contributed by atoms with Gasteiger partial charge in [0.05, 0.1) is 28.4 Å². The van der Waals surface area contributed by atoms with Crippen molar-refractivity contribution in [2.45, 2.75) is 12.0 Å². The van der Waals surface area contributed by atoms with Gasteiger partial charge in [-0.3, -0.25) is 4.79 Å². The summed E-state index contributed by atoms with van der Waals surface area (Å²) in [7, 11) is -3.77. The maximum Gasteiger partial charge on any atom is 0.291 e. The number of carbonyl (C=O) groups excluding carboxylic acids is 1. The molecular formula is C17H17N3O5S2. The number of fused-ring (bicyclic) bond motifs is 1. The number of amides is 1. The summed E-state index contributed by atoms with van der Waals surface area (Å²) in [4.78, 5) is 16.8.